The Kier molecular flexibility index (Phi) is 6.06. The normalized spacial score (nSPS) is 11.5. The Bertz CT molecular complexity index is 692. The number of aryl methyl sites for hydroxylation is 1. The zero-order valence-corrected chi connectivity index (χ0v) is 14.5. The molecule has 0 saturated carbocycles. The molecule has 118 valence electrons. The summed E-state index contributed by atoms with van der Waals surface area (Å²) in [6.07, 6.45) is 4.03. The molecule has 3 nitrogen and oxygen atoms in total. The van der Waals surface area contributed by atoms with Gasteiger partial charge in [-0.25, -0.2) is 13.1 Å². The van der Waals surface area contributed by atoms with Gasteiger partial charge in [-0.2, -0.15) is 0 Å². The molecule has 0 atom stereocenters. The van der Waals surface area contributed by atoms with Crippen LogP contribution < -0.4 is 4.72 Å². The van der Waals surface area contributed by atoms with Gasteiger partial charge in [-0.05, 0) is 48.1 Å². The number of thioether (sulfide) groups is 1. The molecular weight excluding hydrogens is 314 g/mol. The lowest BCUT2D eigenvalue weighted by molar-refractivity contribution is 0.581. The molecule has 0 aliphatic carbocycles. The Morgan fingerprint density at radius 3 is 2.09 bits per heavy atom. The first-order valence-electron chi connectivity index (χ1n) is 7.26. The van der Waals surface area contributed by atoms with Gasteiger partial charge in [-0.15, -0.1) is 11.8 Å². The van der Waals surface area contributed by atoms with Gasteiger partial charge in [0, 0.05) is 11.4 Å². The van der Waals surface area contributed by atoms with E-state index in [0.717, 1.165) is 28.9 Å². The Morgan fingerprint density at radius 1 is 0.955 bits per heavy atom. The molecule has 0 unspecified atom stereocenters. The summed E-state index contributed by atoms with van der Waals surface area (Å²) in [5.41, 5.74) is 2.11. The van der Waals surface area contributed by atoms with Crippen LogP contribution in [0.3, 0.4) is 0 Å². The molecule has 1 N–H and O–H groups in total. The third-order valence-corrected chi connectivity index (χ3v) is 5.56. The molecular formula is C17H21NO2S2. The Balaban J connectivity index is 2.03. The third-order valence-electron chi connectivity index (χ3n) is 3.40. The van der Waals surface area contributed by atoms with E-state index in [2.05, 4.69) is 11.6 Å². The summed E-state index contributed by atoms with van der Waals surface area (Å²) in [5, 5.41) is 0. The molecule has 0 saturated heterocycles. The summed E-state index contributed by atoms with van der Waals surface area (Å²) in [6.45, 7) is 2.40. The average Bonchev–Trinajstić information content (AvgIpc) is 2.54. The third kappa shape index (κ3) is 4.60. The standard InChI is InChI=1S/C17H21NO2S2/c1-3-4-14-7-11-17(12-8-14)22(19,20)18-13-15-5-9-16(21-2)10-6-15/h5-12,18H,3-4,13H2,1-2H3. The minimum Gasteiger partial charge on any atom is -0.207 e. The lowest BCUT2D eigenvalue weighted by Gasteiger charge is -2.08. The van der Waals surface area contributed by atoms with Crippen molar-refractivity contribution >= 4 is 21.8 Å². The van der Waals surface area contributed by atoms with E-state index >= 15 is 0 Å². The number of benzene rings is 2. The van der Waals surface area contributed by atoms with Gasteiger partial charge < -0.3 is 0 Å². The van der Waals surface area contributed by atoms with Crippen LogP contribution >= 0.6 is 11.8 Å². The predicted octanol–water partition coefficient (Wildman–Crippen LogP) is 3.84. The monoisotopic (exact) mass is 335 g/mol. The molecule has 2 aromatic carbocycles. The SMILES string of the molecule is CCCc1ccc(S(=O)(=O)NCc2ccc(SC)cc2)cc1. The Hall–Kier alpha value is -1.30. The molecule has 22 heavy (non-hydrogen) atoms. The fraction of sp³-hybridized carbons (Fsp3) is 0.294. The molecule has 2 rings (SSSR count). The van der Waals surface area contributed by atoms with Crippen LogP contribution in [0.5, 0.6) is 0 Å². The van der Waals surface area contributed by atoms with E-state index < -0.39 is 10.0 Å². The van der Waals surface area contributed by atoms with Gasteiger partial charge in [0.1, 0.15) is 0 Å². The largest absolute Gasteiger partial charge is 0.240 e. The highest BCUT2D eigenvalue weighted by molar-refractivity contribution is 7.98. The molecule has 0 spiro atoms. The van der Waals surface area contributed by atoms with E-state index in [0.29, 0.717) is 11.4 Å². The smallest absolute Gasteiger partial charge is 0.207 e. The molecule has 0 amide bonds. The van der Waals surface area contributed by atoms with Gasteiger partial charge in [-0.1, -0.05) is 37.6 Å². The van der Waals surface area contributed by atoms with E-state index in [1.54, 1.807) is 23.9 Å². The second-order valence-electron chi connectivity index (χ2n) is 5.07. The van der Waals surface area contributed by atoms with Crippen LogP contribution in [0.25, 0.3) is 0 Å². The summed E-state index contributed by atoms with van der Waals surface area (Å²) in [5.74, 6) is 0. The van der Waals surface area contributed by atoms with Crippen molar-refractivity contribution < 1.29 is 8.42 Å². The highest BCUT2D eigenvalue weighted by atomic mass is 32.2. The fourth-order valence-electron chi connectivity index (χ4n) is 2.13. The fourth-order valence-corrected chi connectivity index (χ4v) is 3.56. The van der Waals surface area contributed by atoms with Gasteiger partial charge in [0.25, 0.3) is 0 Å². The van der Waals surface area contributed by atoms with Crippen molar-refractivity contribution in [3.8, 4) is 0 Å². The van der Waals surface area contributed by atoms with Gasteiger partial charge in [0.2, 0.25) is 10.0 Å². The molecule has 0 aromatic heterocycles. The van der Waals surface area contributed by atoms with E-state index in [-0.39, 0.29) is 0 Å². The topological polar surface area (TPSA) is 46.2 Å². The summed E-state index contributed by atoms with van der Waals surface area (Å²) >= 11 is 1.66. The number of hydrogen-bond donors (Lipinski definition) is 1. The zero-order chi connectivity index (χ0) is 16.0. The molecule has 0 fully saturated rings. The zero-order valence-electron chi connectivity index (χ0n) is 12.9. The van der Waals surface area contributed by atoms with Gasteiger partial charge >= 0.3 is 0 Å². The van der Waals surface area contributed by atoms with Crippen LogP contribution in [0.2, 0.25) is 0 Å². The molecule has 0 bridgehead atoms. The summed E-state index contributed by atoms with van der Waals surface area (Å²) in [6, 6.07) is 15.0. The second-order valence-corrected chi connectivity index (χ2v) is 7.71. The minimum atomic E-state index is -3.46. The van der Waals surface area contributed by atoms with Crippen LogP contribution in [0.1, 0.15) is 24.5 Å². The van der Waals surface area contributed by atoms with Crippen LogP contribution in [-0.4, -0.2) is 14.7 Å². The lowest BCUT2D eigenvalue weighted by atomic mass is 10.1. The Labute approximate surface area is 137 Å². The quantitative estimate of drug-likeness (QED) is 0.782. The molecule has 2 aromatic rings. The van der Waals surface area contributed by atoms with Crippen LogP contribution in [-0.2, 0) is 23.0 Å². The molecule has 0 aliphatic heterocycles. The van der Waals surface area contributed by atoms with Crippen LogP contribution in [0.4, 0.5) is 0 Å². The van der Waals surface area contributed by atoms with Crippen molar-refractivity contribution in [1.29, 1.82) is 0 Å². The van der Waals surface area contributed by atoms with Crippen LogP contribution in [0.15, 0.2) is 58.3 Å². The van der Waals surface area contributed by atoms with E-state index in [9.17, 15) is 8.42 Å². The maximum Gasteiger partial charge on any atom is 0.240 e. The molecule has 0 heterocycles. The van der Waals surface area contributed by atoms with E-state index in [1.807, 2.05) is 42.7 Å². The minimum absolute atomic E-state index is 0.299. The first-order chi connectivity index (χ1) is 10.5. The highest BCUT2D eigenvalue weighted by Gasteiger charge is 2.13. The molecule has 0 aliphatic rings. The van der Waals surface area contributed by atoms with Crippen molar-refractivity contribution in [1.82, 2.24) is 4.72 Å². The van der Waals surface area contributed by atoms with Crippen molar-refractivity contribution in [2.45, 2.75) is 36.1 Å². The highest BCUT2D eigenvalue weighted by Crippen LogP contribution is 2.16. The van der Waals surface area contributed by atoms with Crippen molar-refractivity contribution in [2.24, 2.45) is 0 Å². The maximum absolute atomic E-state index is 12.3. The predicted molar refractivity (Wildman–Crippen MR) is 92.7 cm³/mol. The second kappa shape index (κ2) is 7.81. The number of hydrogen-bond acceptors (Lipinski definition) is 3. The summed E-state index contributed by atoms with van der Waals surface area (Å²) in [4.78, 5) is 1.48. The van der Waals surface area contributed by atoms with E-state index in [1.165, 1.54) is 0 Å². The number of rotatable bonds is 7. The summed E-state index contributed by atoms with van der Waals surface area (Å²) < 4.78 is 27.2. The van der Waals surface area contributed by atoms with E-state index in [4.69, 9.17) is 0 Å². The van der Waals surface area contributed by atoms with Crippen LogP contribution in [0, 0.1) is 0 Å². The number of nitrogens with one attached hydrogen (secondary N) is 1. The molecule has 5 heteroatoms. The van der Waals surface area contributed by atoms with Gasteiger partial charge in [-0.3, -0.25) is 0 Å². The first kappa shape index (κ1) is 17.1. The molecule has 0 radical (unpaired) electrons. The number of sulfonamides is 1. The lowest BCUT2D eigenvalue weighted by Crippen LogP contribution is -2.23. The van der Waals surface area contributed by atoms with Crippen molar-refractivity contribution in [2.75, 3.05) is 6.26 Å². The average molecular weight is 335 g/mol. The van der Waals surface area contributed by atoms with Crippen molar-refractivity contribution in [3.63, 3.8) is 0 Å². The Morgan fingerprint density at radius 2 is 1.55 bits per heavy atom. The van der Waals surface area contributed by atoms with Gasteiger partial charge in [0.15, 0.2) is 0 Å². The summed E-state index contributed by atoms with van der Waals surface area (Å²) in [7, 11) is -3.46. The maximum atomic E-state index is 12.3. The van der Waals surface area contributed by atoms with Gasteiger partial charge in [0.05, 0.1) is 4.90 Å². The first-order valence-corrected chi connectivity index (χ1v) is 9.97. The van der Waals surface area contributed by atoms with Crippen molar-refractivity contribution in [3.05, 3.63) is 59.7 Å².